The third-order valence-corrected chi connectivity index (χ3v) is 3.36. The number of fused-ring (bicyclic) bond motifs is 1. The van der Waals surface area contributed by atoms with Crippen LogP contribution in [0.4, 0.5) is 4.39 Å². The van der Waals surface area contributed by atoms with E-state index in [1.807, 2.05) is 4.57 Å². The van der Waals surface area contributed by atoms with E-state index in [0.29, 0.717) is 17.4 Å². The minimum atomic E-state index is -0.405. The van der Waals surface area contributed by atoms with Crippen molar-refractivity contribution in [2.75, 3.05) is 0 Å². The summed E-state index contributed by atoms with van der Waals surface area (Å²) in [6.45, 7) is 0. The Morgan fingerprint density at radius 2 is 2.19 bits per heavy atom. The lowest BCUT2D eigenvalue weighted by molar-refractivity contribution is 0.628. The van der Waals surface area contributed by atoms with E-state index in [9.17, 15) is 4.39 Å². The maximum absolute atomic E-state index is 13.4. The highest BCUT2D eigenvalue weighted by atomic mass is 35.5. The van der Waals surface area contributed by atoms with Crippen LogP contribution >= 0.6 is 23.2 Å². The van der Waals surface area contributed by atoms with Gasteiger partial charge >= 0.3 is 0 Å². The predicted molar refractivity (Wildman–Crippen MR) is 62.5 cm³/mol. The van der Waals surface area contributed by atoms with Crippen LogP contribution in [0.25, 0.3) is 11.0 Å². The minimum Gasteiger partial charge on any atom is -0.324 e. The van der Waals surface area contributed by atoms with Gasteiger partial charge in [-0.25, -0.2) is 9.37 Å². The van der Waals surface area contributed by atoms with Gasteiger partial charge in [0.1, 0.15) is 11.6 Å². The molecule has 1 aliphatic carbocycles. The summed E-state index contributed by atoms with van der Waals surface area (Å²) in [6.07, 6.45) is 2.22. The molecular formula is C11H9Cl2FN2. The Kier molecular flexibility index (Phi) is 2.33. The Morgan fingerprint density at radius 3 is 2.81 bits per heavy atom. The van der Waals surface area contributed by atoms with Gasteiger partial charge in [0.05, 0.1) is 21.9 Å². The zero-order valence-electron chi connectivity index (χ0n) is 8.38. The number of halogens is 3. The molecule has 0 aliphatic heterocycles. The van der Waals surface area contributed by atoms with Crippen LogP contribution in [0.2, 0.25) is 5.02 Å². The first kappa shape index (κ1) is 10.4. The van der Waals surface area contributed by atoms with Crippen LogP contribution in [-0.2, 0) is 5.88 Å². The van der Waals surface area contributed by atoms with Crippen molar-refractivity contribution in [2.24, 2.45) is 0 Å². The molecule has 1 aliphatic rings. The molecule has 2 nitrogen and oxygen atoms in total. The second-order valence-corrected chi connectivity index (χ2v) is 4.69. The van der Waals surface area contributed by atoms with Crippen LogP contribution in [0.15, 0.2) is 12.1 Å². The van der Waals surface area contributed by atoms with Crippen molar-refractivity contribution in [3.63, 3.8) is 0 Å². The molecule has 0 spiro atoms. The van der Waals surface area contributed by atoms with E-state index >= 15 is 0 Å². The number of alkyl halides is 1. The Balaban J connectivity index is 2.31. The normalized spacial score (nSPS) is 15.9. The molecule has 3 rings (SSSR count). The number of benzene rings is 1. The molecule has 84 valence electrons. The van der Waals surface area contributed by atoms with Crippen molar-refractivity contribution in [2.45, 2.75) is 24.8 Å². The van der Waals surface area contributed by atoms with E-state index < -0.39 is 5.82 Å². The fourth-order valence-corrected chi connectivity index (χ4v) is 2.32. The molecule has 0 N–H and O–H groups in total. The van der Waals surface area contributed by atoms with Crippen molar-refractivity contribution in [3.05, 3.63) is 28.8 Å². The Morgan fingerprint density at radius 1 is 1.44 bits per heavy atom. The second kappa shape index (κ2) is 3.60. The summed E-state index contributed by atoms with van der Waals surface area (Å²) in [7, 11) is 0. The highest BCUT2D eigenvalue weighted by molar-refractivity contribution is 6.31. The number of rotatable bonds is 2. The molecule has 0 bridgehead atoms. The molecule has 1 saturated carbocycles. The summed E-state index contributed by atoms with van der Waals surface area (Å²) >= 11 is 11.6. The topological polar surface area (TPSA) is 17.8 Å². The fraction of sp³-hybridized carbons (Fsp3) is 0.364. The summed E-state index contributed by atoms with van der Waals surface area (Å²) in [5.41, 5.74) is 1.51. The first-order chi connectivity index (χ1) is 7.70. The fourth-order valence-electron chi connectivity index (χ4n) is 1.97. The molecule has 0 radical (unpaired) electrons. The lowest BCUT2D eigenvalue weighted by Gasteiger charge is -2.04. The molecule has 1 heterocycles. The van der Waals surface area contributed by atoms with Crippen LogP contribution in [0.1, 0.15) is 24.7 Å². The average Bonchev–Trinajstić information content (AvgIpc) is 3.03. The molecule has 1 aromatic carbocycles. The average molecular weight is 259 g/mol. The number of aromatic nitrogens is 2. The van der Waals surface area contributed by atoms with Crippen LogP contribution in [0.3, 0.4) is 0 Å². The number of hydrogen-bond donors (Lipinski definition) is 0. The van der Waals surface area contributed by atoms with E-state index in [1.54, 1.807) is 6.07 Å². The zero-order valence-corrected chi connectivity index (χ0v) is 9.89. The molecule has 0 saturated heterocycles. The Bertz CT molecular complexity index is 561. The van der Waals surface area contributed by atoms with Gasteiger partial charge in [0, 0.05) is 12.1 Å². The Hall–Kier alpha value is -0.800. The summed E-state index contributed by atoms with van der Waals surface area (Å²) in [5, 5.41) is 0.106. The second-order valence-electron chi connectivity index (χ2n) is 4.02. The molecule has 1 fully saturated rings. The van der Waals surface area contributed by atoms with Gasteiger partial charge in [-0.05, 0) is 18.9 Å². The monoisotopic (exact) mass is 258 g/mol. The van der Waals surface area contributed by atoms with E-state index in [-0.39, 0.29) is 5.02 Å². The molecular weight excluding hydrogens is 250 g/mol. The van der Waals surface area contributed by atoms with Crippen molar-refractivity contribution in [3.8, 4) is 0 Å². The van der Waals surface area contributed by atoms with Crippen molar-refractivity contribution < 1.29 is 4.39 Å². The zero-order chi connectivity index (χ0) is 11.3. The summed E-state index contributed by atoms with van der Waals surface area (Å²) in [4.78, 5) is 4.37. The van der Waals surface area contributed by atoms with Gasteiger partial charge in [0.25, 0.3) is 0 Å². The van der Waals surface area contributed by atoms with Crippen molar-refractivity contribution in [1.29, 1.82) is 0 Å². The molecule has 5 heteroatoms. The van der Waals surface area contributed by atoms with Crippen molar-refractivity contribution >= 4 is 34.2 Å². The van der Waals surface area contributed by atoms with E-state index in [4.69, 9.17) is 23.2 Å². The number of hydrogen-bond acceptors (Lipinski definition) is 1. The lowest BCUT2D eigenvalue weighted by atomic mass is 10.3. The van der Waals surface area contributed by atoms with Crippen LogP contribution in [0, 0.1) is 5.82 Å². The first-order valence-electron chi connectivity index (χ1n) is 5.12. The molecule has 2 aromatic rings. The maximum Gasteiger partial charge on any atom is 0.144 e. The van der Waals surface area contributed by atoms with Crippen LogP contribution in [-0.4, -0.2) is 9.55 Å². The minimum absolute atomic E-state index is 0.106. The molecule has 0 unspecified atom stereocenters. The molecule has 0 amide bonds. The number of imidazole rings is 1. The molecule has 1 aromatic heterocycles. The van der Waals surface area contributed by atoms with Gasteiger partial charge in [-0.2, -0.15) is 0 Å². The van der Waals surface area contributed by atoms with Gasteiger partial charge in [-0.3, -0.25) is 0 Å². The smallest absolute Gasteiger partial charge is 0.144 e. The van der Waals surface area contributed by atoms with Crippen LogP contribution in [0.5, 0.6) is 0 Å². The quantitative estimate of drug-likeness (QED) is 0.748. The first-order valence-corrected chi connectivity index (χ1v) is 6.04. The summed E-state index contributed by atoms with van der Waals surface area (Å²) in [5.74, 6) is 0.725. The maximum atomic E-state index is 13.4. The van der Waals surface area contributed by atoms with Gasteiger partial charge in [0.15, 0.2) is 0 Å². The summed E-state index contributed by atoms with van der Waals surface area (Å²) < 4.78 is 15.4. The van der Waals surface area contributed by atoms with Gasteiger partial charge in [0.2, 0.25) is 0 Å². The number of nitrogens with zero attached hydrogens (tertiary/aromatic N) is 2. The standard InChI is InChI=1S/C11H9Cl2FN2/c12-5-11-15-9-3-7(13)8(14)4-10(9)16(11)6-1-2-6/h3-4,6H,1-2,5H2. The third-order valence-electron chi connectivity index (χ3n) is 2.84. The highest BCUT2D eigenvalue weighted by Gasteiger charge is 2.28. The SMILES string of the molecule is Fc1cc2c(cc1Cl)nc(CCl)n2C1CC1. The van der Waals surface area contributed by atoms with E-state index in [0.717, 1.165) is 24.2 Å². The Labute approximate surface area is 102 Å². The van der Waals surface area contributed by atoms with Crippen LogP contribution < -0.4 is 0 Å². The van der Waals surface area contributed by atoms with Crippen molar-refractivity contribution in [1.82, 2.24) is 9.55 Å². The van der Waals surface area contributed by atoms with E-state index in [2.05, 4.69) is 4.98 Å². The third kappa shape index (κ3) is 1.50. The lowest BCUT2D eigenvalue weighted by Crippen LogP contribution is -1.99. The highest BCUT2D eigenvalue weighted by Crippen LogP contribution is 2.39. The van der Waals surface area contributed by atoms with Gasteiger partial charge in [-0.15, -0.1) is 11.6 Å². The molecule has 0 atom stereocenters. The molecule has 16 heavy (non-hydrogen) atoms. The van der Waals surface area contributed by atoms with Gasteiger partial charge in [-0.1, -0.05) is 11.6 Å². The largest absolute Gasteiger partial charge is 0.324 e. The van der Waals surface area contributed by atoms with Gasteiger partial charge < -0.3 is 4.57 Å². The predicted octanol–water partition coefficient (Wildman–Crippen LogP) is 3.90. The van der Waals surface area contributed by atoms with E-state index in [1.165, 1.54) is 6.07 Å². The summed E-state index contributed by atoms with van der Waals surface area (Å²) in [6, 6.07) is 3.43.